The molecule has 4 N–H and O–H groups in total. The summed E-state index contributed by atoms with van der Waals surface area (Å²) in [6, 6.07) is 12.2. The Morgan fingerprint density at radius 1 is 0.750 bits per heavy atom. The zero-order valence-corrected chi connectivity index (χ0v) is 17.1. The summed E-state index contributed by atoms with van der Waals surface area (Å²) in [6.07, 6.45) is 13.0. The van der Waals surface area contributed by atoms with Crippen molar-refractivity contribution in [2.45, 2.75) is 12.8 Å². The normalized spacial score (nSPS) is 11.9. The van der Waals surface area contributed by atoms with Crippen molar-refractivity contribution >= 4 is 28.1 Å². The Bertz CT molecular complexity index is 1520. The van der Waals surface area contributed by atoms with Gasteiger partial charge in [0, 0.05) is 42.3 Å². The van der Waals surface area contributed by atoms with Crippen LogP contribution in [0.3, 0.4) is 0 Å². The molecule has 0 radical (unpaired) electrons. The Hall–Kier alpha value is -4.46. The fourth-order valence-corrected chi connectivity index (χ4v) is 3.84. The number of imidazole rings is 4. The van der Waals surface area contributed by atoms with Crippen LogP contribution >= 0.6 is 0 Å². The number of H-pyrrole nitrogens is 4. The van der Waals surface area contributed by atoms with Crippen LogP contribution in [-0.4, -0.2) is 39.9 Å². The number of hydrogen-bond acceptors (Lipinski definition) is 4. The maximum atomic E-state index is 4.73. The zero-order chi connectivity index (χ0) is 21.3. The minimum Gasteiger partial charge on any atom is -0.345 e. The van der Waals surface area contributed by atoms with Crippen LogP contribution in [-0.2, 0) is 6.42 Å². The van der Waals surface area contributed by atoms with Crippen molar-refractivity contribution < 1.29 is 0 Å². The first-order chi connectivity index (χ1) is 15.8. The van der Waals surface area contributed by atoms with Crippen molar-refractivity contribution in [3.05, 3.63) is 78.9 Å². The molecule has 0 aliphatic rings. The summed E-state index contributed by atoms with van der Waals surface area (Å²) in [7, 11) is 0. The molecule has 0 saturated heterocycles. The Balaban J connectivity index is 1.14. The van der Waals surface area contributed by atoms with Gasteiger partial charge in [-0.15, -0.1) is 0 Å². The third-order valence-corrected chi connectivity index (χ3v) is 5.40. The molecule has 0 aliphatic carbocycles. The molecule has 6 aromatic rings. The average molecular weight is 420 g/mol. The van der Waals surface area contributed by atoms with E-state index < -0.39 is 0 Å². The Morgan fingerprint density at radius 2 is 1.41 bits per heavy atom. The molecule has 2 aromatic carbocycles. The van der Waals surface area contributed by atoms with Crippen LogP contribution in [0.4, 0.5) is 0 Å². The first-order valence-electron chi connectivity index (χ1n) is 10.5. The summed E-state index contributed by atoms with van der Waals surface area (Å²) < 4.78 is 0. The van der Waals surface area contributed by atoms with Gasteiger partial charge in [0.25, 0.3) is 0 Å². The molecule has 4 heterocycles. The van der Waals surface area contributed by atoms with Crippen LogP contribution in [0.25, 0.3) is 50.9 Å². The first kappa shape index (κ1) is 18.3. The number of hydrogen-bond donors (Lipinski definition) is 4. The van der Waals surface area contributed by atoms with Gasteiger partial charge in [0.1, 0.15) is 23.3 Å². The SMILES string of the molecule is C(=C\c1nc2cc(-c3ncc[nH]3)ccc2[nH]1)/CCc1nc2cc(-c3ncc[nH]3)ccc2[nH]1. The molecule has 8 heteroatoms. The van der Waals surface area contributed by atoms with Crippen LogP contribution in [0.2, 0.25) is 0 Å². The summed E-state index contributed by atoms with van der Waals surface area (Å²) in [6.45, 7) is 0. The lowest BCUT2D eigenvalue weighted by molar-refractivity contribution is 0.918. The Kier molecular flexibility index (Phi) is 4.39. The minimum atomic E-state index is 0.824. The fraction of sp³-hybridized carbons (Fsp3) is 0.0833. The maximum absolute atomic E-state index is 4.73. The minimum absolute atomic E-state index is 0.824. The Morgan fingerprint density at radius 3 is 2.06 bits per heavy atom. The number of nitrogens with zero attached hydrogens (tertiary/aromatic N) is 4. The van der Waals surface area contributed by atoms with Crippen LogP contribution in [0.5, 0.6) is 0 Å². The summed E-state index contributed by atoms with van der Waals surface area (Å²) in [4.78, 5) is 31.0. The van der Waals surface area contributed by atoms with Gasteiger partial charge in [-0.2, -0.15) is 0 Å². The lowest BCUT2D eigenvalue weighted by Crippen LogP contribution is -1.85. The van der Waals surface area contributed by atoms with Crippen LogP contribution < -0.4 is 0 Å². The largest absolute Gasteiger partial charge is 0.345 e. The molecular weight excluding hydrogens is 400 g/mol. The van der Waals surface area contributed by atoms with E-state index in [2.05, 4.69) is 47.0 Å². The van der Waals surface area contributed by atoms with Crippen LogP contribution in [0, 0.1) is 0 Å². The van der Waals surface area contributed by atoms with Gasteiger partial charge in [-0.25, -0.2) is 19.9 Å². The number of allylic oxidation sites excluding steroid dienone is 1. The third-order valence-electron chi connectivity index (χ3n) is 5.40. The molecule has 8 nitrogen and oxygen atoms in total. The monoisotopic (exact) mass is 420 g/mol. The highest BCUT2D eigenvalue weighted by atomic mass is 14.9. The highest BCUT2D eigenvalue weighted by Crippen LogP contribution is 2.22. The molecule has 0 amide bonds. The van der Waals surface area contributed by atoms with Crippen LogP contribution in [0.1, 0.15) is 18.1 Å². The van der Waals surface area contributed by atoms with Crippen molar-refractivity contribution in [3.63, 3.8) is 0 Å². The lowest BCUT2D eigenvalue weighted by atomic mass is 10.2. The summed E-state index contributed by atoms with van der Waals surface area (Å²) in [5, 5.41) is 0. The zero-order valence-electron chi connectivity index (χ0n) is 17.1. The van der Waals surface area contributed by atoms with E-state index in [1.165, 1.54) is 0 Å². The topological polar surface area (TPSA) is 115 Å². The predicted octanol–water partition coefficient (Wildman–Crippen LogP) is 4.87. The number of rotatable bonds is 6. The van der Waals surface area contributed by atoms with Crippen molar-refractivity contribution in [1.29, 1.82) is 0 Å². The molecule has 0 aliphatic heterocycles. The van der Waals surface area contributed by atoms with E-state index in [-0.39, 0.29) is 0 Å². The van der Waals surface area contributed by atoms with E-state index in [1.54, 1.807) is 12.4 Å². The number of nitrogens with one attached hydrogen (secondary N) is 4. The number of benzene rings is 2. The average Bonchev–Trinajstić information content (AvgIpc) is 3.61. The molecule has 0 spiro atoms. The van der Waals surface area contributed by atoms with Gasteiger partial charge >= 0.3 is 0 Å². The number of aromatic amines is 4. The smallest absolute Gasteiger partial charge is 0.137 e. The molecule has 6 rings (SSSR count). The molecule has 0 saturated carbocycles. The summed E-state index contributed by atoms with van der Waals surface area (Å²) in [5.41, 5.74) is 5.95. The fourth-order valence-electron chi connectivity index (χ4n) is 3.84. The van der Waals surface area contributed by atoms with E-state index in [4.69, 9.17) is 4.98 Å². The van der Waals surface area contributed by atoms with Crippen molar-refractivity contribution in [2.75, 3.05) is 0 Å². The first-order valence-corrected chi connectivity index (χ1v) is 10.5. The second-order valence-electron chi connectivity index (χ2n) is 7.59. The van der Waals surface area contributed by atoms with Gasteiger partial charge in [0.15, 0.2) is 0 Å². The Labute approximate surface area is 182 Å². The second kappa shape index (κ2) is 7.66. The number of aromatic nitrogens is 8. The molecule has 0 atom stereocenters. The quantitative estimate of drug-likeness (QED) is 0.308. The van der Waals surface area contributed by atoms with E-state index in [9.17, 15) is 0 Å². The lowest BCUT2D eigenvalue weighted by Gasteiger charge is -1.95. The van der Waals surface area contributed by atoms with Gasteiger partial charge in [0.05, 0.1) is 22.1 Å². The highest BCUT2D eigenvalue weighted by molar-refractivity contribution is 5.82. The highest BCUT2D eigenvalue weighted by Gasteiger charge is 2.07. The van der Waals surface area contributed by atoms with Gasteiger partial charge in [0.2, 0.25) is 0 Å². The molecule has 156 valence electrons. The van der Waals surface area contributed by atoms with Gasteiger partial charge in [-0.05, 0) is 48.9 Å². The van der Waals surface area contributed by atoms with E-state index in [0.717, 1.165) is 69.3 Å². The van der Waals surface area contributed by atoms with Crippen molar-refractivity contribution in [1.82, 2.24) is 39.9 Å². The second-order valence-corrected chi connectivity index (χ2v) is 7.59. The van der Waals surface area contributed by atoms with Gasteiger partial charge < -0.3 is 19.9 Å². The van der Waals surface area contributed by atoms with Gasteiger partial charge in [-0.1, -0.05) is 6.08 Å². The standard InChI is InChI=1S/C24H20N8/c1(3-21-29-17-7-5-15(13-19(17)31-21)23-25-9-10-26-23)2-4-22-30-18-8-6-16(14-20(18)32-22)24-27-11-12-28-24/h1,3,5-14H,2,4H2,(H,25,26)(H,27,28)(H,29,31)(H,30,32)/b3-1+. The number of aryl methyl sites for hydroxylation is 1. The molecule has 0 bridgehead atoms. The van der Waals surface area contributed by atoms with Gasteiger partial charge in [-0.3, -0.25) is 0 Å². The van der Waals surface area contributed by atoms with E-state index >= 15 is 0 Å². The van der Waals surface area contributed by atoms with Crippen molar-refractivity contribution in [2.24, 2.45) is 0 Å². The number of fused-ring (bicyclic) bond motifs is 2. The maximum Gasteiger partial charge on any atom is 0.137 e. The third kappa shape index (κ3) is 3.47. The van der Waals surface area contributed by atoms with E-state index in [1.807, 2.05) is 48.8 Å². The van der Waals surface area contributed by atoms with E-state index in [0.29, 0.717) is 0 Å². The summed E-state index contributed by atoms with van der Waals surface area (Å²) in [5.74, 6) is 3.49. The molecular formula is C24H20N8. The van der Waals surface area contributed by atoms with Crippen LogP contribution in [0.15, 0.2) is 67.3 Å². The molecule has 0 fully saturated rings. The molecule has 32 heavy (non-hydrogen) atoms. The predicted molar refractivity (Wildman–Crippen MR) is 125 cm³/mol. The molecule has 4 aromatic heterocycles. The summed E-state index contributed by atoms with van der Waals surface area (Å²) >= 11 is 0. The molecule has 0 unspecified atom stereocenters. The van der Waals surface area contributed by atoms with Crippen molar-refractivity contribution in [3.8, 4) is 22.8 Å².